The molecule has 7 nitrogen and oxygen atoms in total. The average molecular weight is 550 g/mol. The van der Waals surface area contributed by atoms with Gasteiger partial charge in [0.1, 0.15) is 22.9 Å². The number of imidazole rings is 1. The fourth-order valence-corrected chi connectivity index (χ4v) is 5.89. The molecule has 0 aliphatic carbocycles. The van der Waals surface area contributed by atoms with Crippen LogP contribution in [-0.4, -0.2) is 47.1 Å². The molecule has 1 fully saturated rings. The summed E-state index contributed by atoms with van der Waals surface area (Å²) in [5.41, 5.74) is 0.430. The van der Waals surface area contributed by atoms with Crippen LogP contribution < -0.4 is 4.74 Å². The second kappa shape index (κ2) is 11.2. The number of hydrogen-bond donors (Lipinski definition) is 0. The van der Waals surface area contributed by atoms with Crippen molar-refractivity contribution in [3.8, 4) is 11.5 Å². The molecule has 4 rings (SSSR count). The van der Waals surface area contributed by atoms with Gasteiger partial charge in [-0.25, -0.2) is 9.78 Å². The molecule has 0 spiro atoms. The van der Waals surface area contributed by atoms with Crippen LogP contribution in [0.5, 0.6) is 11.5 Å². The summed E-state index contributed by atoms with van der Waals surface area (Å²) < 4.78 is 20.9. The Hall–Kier alpha value is -3.10. The topological polar surface area (TPSA) is 65.8 Å². The van der Waals surface area contributed by atoms with Gasteiger partial charge in [0.2, 0.25) is 0 Å². The molecule has 2 aromatic carbocycles. The molecule has 0 bridgehead atoms. The molecule has 1 amide bonds. The number of carbonyl (C=O) groups is 1. The van der Waals surface area contributed by atoms with Gasteiger partial charge in [0.05, 0.1) is 18.7 Å². The molecule has 0 saturated carbocycles. The highest BCUT2D eigenvalue weighted by Crippen LogP contribution is 2.41. The zero-order valence-electron chi connectivity index (χ0n) is 24.6. The summed E-state index contributed by atoms with van der Waals surface area (Å²) >= 11 is 0. The molecule has 1 aliphatic heterocycles. The SMILES string of the molecule is CC(C)(C)OC(=O)N1C[C@H](O[Si](C)(C)C(C)(C)C)C[C@H]1c1nccn1Cc1ccccc1Oc1ccccc1. The van der Waals surface area contributed by atoms with Crippen molar-refractivity contribution in [2.75, 3.05) is 6.54 Å². The minimum Gasteiger partial charge on any atom is -0.457 e. The molecule has 1 aliphatic rings. The van der Waals surface area contributed by atoms with Crippen molar-refractivity contribution >= 4 is 14.4 Å². The normalized spacial score (nSPS) is 18.3. The summed E-state index contributed by atoms with van der Waals surface area (Å²) in [6.07, 6.45) is 4.01. The summed E-state index contributed by atoms with van der Waals surface area (Å²) in [6.45, 7) is 17.9. The number of likely N-dealkylation sites (tertiary alicyclic amines) is 1. The molecule has 0 unspecified atom stereocenters. The summed E-state index contributed by atoms with van der Waals surface area (Å²) in [6, 6.07) is 17.5. The van der Waals surface area contributed by atoms with E-state index in [2.05, 4.69) is 44.5 Å². The van der Waals surface area contributed by atoms with Crippen molar-refractivity contribution in [2.45, 2.75) is 90.4 Å². The monoisotopic (exact) mass is 549 g/mol. The number of ether oxygens (including phenoxy) is 2. The molecule has 3 aromatic rings. The van der Waals surface area contributed by atoms with E-state index in [9.17, 15) is 4.79 Å². The van der Waals surface area contributed by atoms with Crippen LogP contribution in [0.25, 0.3) is 0 Å². The quantitative estimate of drug-likeness (QED) is 0.281. The summed E-state index contributed by atoms with van der Waals surface area (Å²) in [5, 5.41) is 0.0722. The molecule has 39 heavy (non-hydrogen) atoms. The lowest BCUT2D eigenvalue weighted by atomic mass is 10.1. The van der Waals surface area contributed by atoms with E-state index in [-0.39, 0.29) is 23.3 Å². The van der Waals surface area contributed by atoms with Crippen molar-refractivity contribution in [3.05, 3.63) is 78.4 Å². The fraction of sp³-hybridized carbons (Fsp3) is 0.484. The molecule has 0 radical (unpaired) electrons. The minimum atomic E-state index is -2.04. The van der Waals surface area contributed by atoms with Gasteiger partial charge in [-0.2, -0.15) is 0 Å². The lowest BCUT2D eigenvalue weighted by Crippen LogP contribution is -2.45. The Morgan fingerprint density at radius 3 is 2.33 bits per heavy atom. The third-order valence-corrected chi connectivity index (χ3v) is 12.0. The molecule has 2 heterocycles. The van der Waals surface area contributed by atoms with E-state index < -0.39 is 13.9 Å². The van der Waals surface area contributed by atoms with Gasteiger partial charge in [-0.05, 0) is 57.1 Å². The van der Waals surface area contributed by atoms with Crippen LogP contribution in [0, 0.1) is 0 Å². The van der Waals surface area contributed by atoms with Gasteiger partial charge in [-0.3, -0.25) is 4.90 Å². The first-order valence-corrected chi connectivity index (χ1v) is 16.6. The minimum absolute atomic E-state index is 0.0722. The van der Waals surface area contributed by atoms with Crippen molar-refractivity contribution in [3.63, 3.8) is 0 Å². The zero-order chi connectivity index (χ0) is 28.4. The first-order valence-electron chi connectivity index (χ1n) is 13.7. The Bertz CT molecular complexity index is 1260. The Balaban J connectivity index is 1.61. The van der Waals surface area contributed by atoms with Crippen molar-refractivity contribution in [1.29, 1.82) is 0 Å². The largest absolute Gasteiger partial charge is 0.457 e. The van der Waals surface area contributed by atoms with Crippen LogP contribution in [0.1, 0.15) is 65.4 Å². The van der Waals surface area contributed by atoms with Crippen LogP contribution in [0.2, 0.25) is 18.1 Å². The van der Waals surface area contributed by atoms with E-state index in [1.54, 1.807) is 11.1 Å². The second-order valence-electron chi connectivity index (χ2n) is 12.8. The summed E-state index contributed by atoms with van der Waals surface area (Å²) in [4.78, 5) is 19.9. The maximum atomic E-state index is 13.4. The van der Waals surface area contributed by atoms with Gasteiger partial charge in [-0.15, -0.1) is 0 Å². The number of para-hydroxylation sites is 2. The predicted molar refractivity (Wildman–Crippen MR) is 157 cm³/mol. The molecule has 210 valence electrons. The van der Waals surface area contributed by atoms with Crippen molar-refractivity contribution in [1.82, 2.24) is 14.5 Å². The Labute approximate surface area is 234 Å². The summed E-state index contributed by atoms with van der Waals surface area (Å²) in [7, 11) is -2.04. The van der Waals surface area contributed by atoms with Gasteiger partial charge in [0.15, 0.2) is 8.32 Å². The van der Waals surface area contributed by atoms with E-state index in [0.29, 0.717) is 19.5 Å². The molecule has 0 N–H and O–H groups in total. The first kappa shape index (κ1) is 28.9. The Morgan fingerprint density at radius 1 is 1.00 bits per heavy atom. The predicted octanol–water partition coefficient (Wildman–Crippen LogP) is 7.80. The summed E-state index contributed by atoms with van der Waals surface area (Å²) in [5.74, 6) is 2.39. The maximum absolute atomic E-state index is 13.4. The van der Waals surface area contributed by atoms with E-state index in [1.807, 2.05) is 75.5 Å². The van der Waals surface area contributed by atoms with Gasteiger partial charge < -0.3 is 18.5 Å². The third kappa shape index (κ3) is 7.11. The zero-order valence-corrected chi connectivity index (χ0v) is 25.6. The van der Waals surface area contributed by atoms with Crippen LogP contribution in [0.4, 0.5) is 4.79 Å². The van der Waals surface area contributed by atoms with Gasteiger partial charge in [-0.1, -0.05) is 57.2 Å². The van der Waals surface area contributed by atoms with E-state index >= 15 is 0 Å². The van der Waals surface area contributed by atoms with Gasteiger partial charge in [0.25, 0.3) is 0 Å². The molecule has 1 aromatic heterocycles. The first-order chi connectivity index (χ1) is 18.2. The van der Waals surface area contributed by atoms with E-state index in [1.165, 1.54) is 0 Å². The Morgan fingerprint density at radius 2 is 1.67 bits per heavy atom. The molecule has 8 heteroatoms. The number of benzene rings is 2. The van der Waals surface area contributed by atoms with Crippen LogP contribution in [0.3, 0.4) is 0 Å². The highest BCUT2D eigenvalue weighted by atomic mass is 28.4. The van der Waals surface area contributed by atoms with Crippen LogP contribution in [-0.2, 0) is 15.7 Å². The number of rotatable bonds is 7. The van der Waals surface area contributed by atoms with Crippen molar-refractivity contribution < 1.29 is 18.7 Å². The lowest BCUT2D eigenvalue weighted by molar-refractivity contribution is 0.0201. The molecule has 1 saturated heterocycles. The highest BCUT2D eigenvalue weighted by molar-refractivity contribution is 6.74. The van der Waals surface area contributed by atoms with Crippen LogP contribution >= 0.6 is 0 Å². The van der Waals surface area contributed by atoms with E-state index in [0.717, 1.165) is 22.9 Å². The second-order valence-corrected chi connectivity index (χ2v) is 17.6. The average Bonchev–Trinajstić information content (AvgIpc) is 3.45. The van der Waals surface area contributed by atoms with Crippen LogP contribution in [0.15, 0.2) is 67.0 Å². The number of hydrogen-bond acceptors (Lipinski definition) is 5. The number of amides is 1. The standard InChI is InChI=1S/C31H43N3O4Si/c1-30(2,3)37-29(35)34-22-25(38-39(7,8)31(4,5)6)20-26(34)28-32-18-19-33(28)21-23-14-12-13-17-27(23)36-24-15-10-9-11-16-24/h9-19,25-26H,20-22H2,1-8H3/t25-,26+/m1/s1. The number of carbonyl (C=O) groups excluding carboxylic acids is 1. The fourth-order valence-electron chi connectivity index (χ4n) is 4.53. The molecule has 2 atom stereocenters. The molecular formula is C31H43N3O4Si. The van der Waals surface area contributed by atoms with Gasteiger partial charge >= 0.3 is 6.09 Å². The Kier molecular flexibility index (Phi) is 8.28. The lowest BCUT2D eigenvalue weighted by Gasteiger charge is -2.38. The smallest absolute Gasteiger partial charge is 0.411 e. The number of nitrogens with zero attached hydrogens (tertiary/aromatic N) is 3. The maximum Gasteiger partial charge on any atom is 0.411 e. The van der Waals surface area contributed by atoms with E-state index in [4.69, 9.17) is 18.9 Å². The van der Waals surface area contributed by atoms with Crippen molar-refractivity contribution in [2.24, 2.45) is 0 Å². The molecular weight excluding hydrogens is 506 g/mol. The third-order valence-electron chi connectivity index (χ3n) is 7.49. The highest BCUT2D eigenvalue weighted by Gasteiger charge is 2.46. The van der Waals surface area contributed by atoms with Gasteiger partial charge in [0, 0.05) is 30.9 Å². The number of aromatic nitrogens is 2.